The number of hydrogen-bond acceptors (Lipinski definition) is 3. The van der Waals surface area contributed by atoms with Crippen molar-refractivity contribution >= 4 is 21.9 Å². The molecular weight excluding hydrogens is 560 g/mol. The lowest BCUT2D eigenvalue weighted by atomic mass is 9.81. The minimum atomic E-state index is -0.115. The molecule has 8 aromatic rings. The summed E-state index contributed by atoms with van der Waals surface area (Å²) in [6.07, 6.45) is 0. The molecule has 46 heavy (non-hydrogen) atoms. The summed E-state index contributed by atoms with van der Waals surface area (Å²) in [5.41, 5.74) is 13.7. The minimum absolute atomic E-state index is 0.115. The van der Waals surface area contributed by atoms with Gasteiger partial charge in [0.15, 0.2) is 5.82 Å². The second kappa shape index (κ2) is 10.1. The summed E-state index contributed by atoms with van der Waals surface area (Å²) in [6, 6.07) is 51.0. The van der Waals surface area contributed by atoms with Crippen LogP contribution in [0.15, 0.2) is 150 Å². The van der Waals surface area contributed by atoms with Gasteiger partial charge in [-0.05, 0) is 57.6 Å². The van der Waals surface area contributed by atoms with E-state index in [0.29, 0.717) is 5.82 Å². The zero-order valence-corrected chi connectivity index (χ0v) is 25.7. The van der Waals surface area contributed by atoms with Crippen molar-refractivity contribution in [2.75, 3.05) is 0 Å². The fourth-order valence-electron chi connectivity index (χ4n) is 7.20. The van der Waals surface area contributed by atoms with E-state index in [4.69, 9.17) is 14.4 Å². The monoisotopic (exact) mass is 590 g/mol. The van der Waals surface area contributed by atoms with Gasteiger partial charge in [-0.3, -0.25) is 0 Å². The van der Waals surface area contributed by atoms with Gasteiger partial charge in [-0.15, -0.1) is 0 Å². The lowest BCUT2D eigenvalue weighted by Gasteiger charge is -2.22. The topological polar surface area (TPSA) is 38.9 Å². The molecule has 0 amide bonds. The predicted octanol–water partition coefficient (Wildman–Crippen LogP) is 11.4. The van der Waals surface area contributed by atoms with Crippen molar-refractivity contribution in [3.05, 3.63) is 157 Å². The van der Waals surface area contributed by atoms with E-state index < -0.39 is 0 Å². The Balaban J connectivity index is 1.35. The molecule has 0 aliphatic heterocycles. The minimum Gasteiger partial charge on any atom is -0.455 e. The average molecular weight is 591 g/mol. The maximum atomic E-state index is 6.70. The maximum Gasteiger partial charge on any atom is 0.164 e. The molecule has 6 aromatic carbocycles. The van der Waals surface area contributed by atoms with Crippen LogP contribution >= 0.6 is 0 Å². The number of aromatic nitrogens is 2. The van der Waals surface area contributed by atoms with Crippen LogP contribution in [0, 0.1) is 0 Å². The van der Waals surface area contributed by atoms with E-state index in [1.54, 1.807) is 0 Å². The van der Waals surface area contributed by atoms with Crippen molar-refractivity contribution in [3.63, 3.8) is 0 Å². The first kappa shape index (κ1) is 26.6. The third-order valence-corrected chi connectivity index (χ3v) is 9.53. The van der Waals surface area contributed by atoms with E-state index in [0.717, 1.165) is 61.1 Å². The molecule has 0 unspecified atom stereocenters. The summed E-state index contributed by atoms with van der Waals surface area (Å²) in [5.74, 6) is 0.642. The van der Waals surface area contributed by atoms with Crippen LogP contribution in [-0.2, 0) is 5.41 Å². The van der Waals surface area contributed by atoms with Crippen LogP contribution in [0.25, 0.3) is 78.1 Å². The molecule has 0 radical (unpaired) electrons. The van der Waals surface area contributed by atoms with Crippen molar-refractivity contribution in [3.8, 4) is 56.2 Å². The van der Waals surface area contributed by atoms with Gasteiger partial charge in [-0.25, -0.2) is 9.97 Å². The molecule has 2 heterocycles. The SMILES string of the molecule is CC1(C)c2ccccc2-c2ccc(-c3ccc4c(oc5ccccc54)c3-c3nc(-c4ccccc4)cc(-c4ccccc4)n3)cc21. The van der Waals surface area contributed by atoms with Crippen molar-refractivity contribution in [1.29, 1.82) is 0 Å². The van der Waals surface area contributed by atoms with Gasteiger partial charge in [-0.2, -0.15) is 0 Å². The second-order valence-electron chi connectivity index (χ2n) is 12.6. The normalized spacial score (nSPS) is 13.2. The van der Waals surface area contributed by atoms with Gasteiger partial charge in [0.1, 0.15) is 11.2 Å². The van der Waals surface area contributed by atoms with E-state index in [1.807, 2.05) is 24.3 Å². The standard InChI is InChI=1S/C43H30N2O/c1-43(2)35-19-11-9-17-31(35)32-22-21-29(25-36(32)43)30-23-24-34-33-18-10-12-20-39(33)46-41(34)40(30)42-44-37(27-13-5-3-6-14-27)26-38(45-42)28-15-7-4-8-16-28/h3-26H,1-2H3. The highest BCUT2D eigenvalue weighted by Crippen LogP contribution is 2.50. The van der Waals surface area contributed by atoms with Gasteiger partial charge in [0.2, 0.25) is 0 Å². The summed E-state index contributed by atoms with van der Waals surface area (Å²) >= 11 is 0. The number of nitrogens with zero attached hydrogens (tertiary/aromatic N) is 2. The Morgan fingerprint density at radius 2 is 1.09 bits per heavy atom. The van der Waals surface area contributed by atoms with Crippen molar-refractivity contribution < 1.29 is 4.42 Å². The Morgan fingerprint density at radius 3 is 1.83 bits per heavy atom. The Hall–Kier alpha value is -5.80. The molecule has 3 nitrogen and oxygen atoms in total. The first-order chi connectivity index (χ1) is 22.6. The lowest BCUT2D eigenvalue weighted by Crippen LogP contribution is -2.14. The van der Waals surface area contributed by atoms with Crippen LogP contribution in [0.4, 0.5) is 0 Å². The van der Waals surface area contributed by atoms with Crippen LogP contribution in [-0.4, -0.2) is 9.97 Å². The molecule has 0 atom stereocenters. The Kier molecular flexibility index (Phi) is 5.85. The average Bonchev–Trinajstić information content (AvgIpc) is 3.60. The molecule has 1 aliphatic carbocycles. The maximum absolute atomic E-state index is 6.70. The van der Waals surface area contributed by atoms with E-state index >= 15 is 0 Å². The summed E-state index contributed by atoms with van der Waals surface area (Å²) in [6.45, 7) is 4.65. The summed E-state index contributed by atoms with van der Waals surface area (Å²) < 4.78 is 6.70. The highest BCUT2D eigenvalue weighted by molar-refractivity contribution is 6.12. The number of furan rings is 1. The first-order valence-electron chi connectivity index (χ1n) is 15.8. The Bertz CT molecular complexity index is 2380. The van der Waals surface area contributed by atoms with Gasteiger partial charge in [0.05, 0.1) is 17.0 Å². The molecule has 0 spiro atoms. The Labute approximate surface area is 267 Å². The van der Waals surface area contributed by atoms with Crippen molar-refractivity contribution in [2.45, 2.75) is 19.3 Å². The molecule has 218 valence electrons. The van der Waals surface area contributed by atoms with Gasteiger partial charge in [0, 0.05) is 27.3 Å². The van der Waals surface area contributed by atoms with Gasteiger partial charge < -0.3 is 4.42 Å². The van der Waals surface area contributed by atoms with E-state index in [2.05, 4.69) is 135 Å². The fourth-order valence-corrected chi connectivity index (χ4v) is 7.20. The molecule has 0 saturated heterocycles. The Morgan fingerprint density at radius 1 is 0.478 bits per heavy atom. The van der Waals surface area contributed by atoms with Crippen LogP contribution in [0.5, 0.6) is 0 Å². The quantitative estimate of drug-likeness (QED) is 0.205. The number of hydrogen-bond donors (Lipinski definition) is 0. The second-order valence-corrected chi connectivity index (χ2v) is 12.6. The summed E-state index contributed by atoms with van der Waals surface area (Å²) in [5, 5.41) is 2.14. The molecule has 0 bridgehead atoms. The predicted molar refractivity (Wildman–Crippen MR) is 189 cm³/mol. The van der Waals surface area contributed by atoms with Gasteiger partial charge in [-0.1, -0.05) is 135 Å². The highest BCUT2D eigenvalue weighted by Gasteiger charge is 2.35. The number of benzene rings is 6. The van der Waals surface area contributed by atoms with E-state index in [9.17, 15) is 0 Å². The third-order valence-electron chi connectivity index (χ3n) is 9.53. The first-order valence-corrected chi connectivity index (χ1v) is 15.8. The molecule has 1 aliphatic rings. The molecule has 0 N–H and O–H groups in total. The smallest absolute Gasteiger partial charge is 0.164 e. The molecule has 0 fully saturated rings. The number of rotatable bonds is 4. The van der Waals surface area contributed by atoms with Crippen molar-refractivity contribution in [1.82, 2.24) is 9.97 Å². The van der Waals surface area contributed by atoms with Gasteiger partial charge >= 0.3 is 0 Å². The largest absolute Gasteiger partial charge is 0.455 e. The molecule has 3 heteroatoms. The zero-order chi connectivity index (χ0) is 30.8. The van der Waals surface area contributed by atoms with Gasteiger partial charge in [0.25, 0.3) is 0 Å². The zero-order valence-electron chi connectivity index (χ0n) is 25.7. The van der Waals surface area contributed by atoms with Crippen molar-refractivity contribution in [2.24, 2.45) is 0 Å². The number of fused-ring (bicyclic) bond motifs is 6. The highest BCUT2D eigenvalue weighted by atomic mass is 16.3. The van der Waals surface area contributed by atoms with E-state index in [1.165, 1.54) is 22.3 Å². The van der Waals surface area contributed by atoms with E-state index in [-0.39, 0.29) is 5.41 Å². The molecule has 0 saturated carbocycles. The van der Waals surface area contributed by atoms with Crippen LogP contribution in [0.3, 0.4) is 0 Å². The molecule has 9 rings (SSSR count). The van der Waals surface area contributed by atoms with Crippen LogP contribution in [0.1, 0.15) is 25.0 Å². The molecular formula is C43H30N2O. The third kappa shape index (κ3) is 4.05. The fraction of sp³-hybridized carbons (Fsp3) is 0.0698. The summed E-state index contributed by atoms with van der Waals surface area (Å²) in [7, 11) is 0. The summed E-state index contributed by atoms with van der Waals surface area (Å²) in [4.78, 5) is 10.5. The lowest BCUT2D eigenvalue weighted by molar-refractivity contribution is 0.660. The van der Waals surface area contributed by atoms with Crippen LogP contribution < -0.4 is 0 Å². The van der Waals surface area contributed by atoms with Crippen LogP contribution in [0.2, 0.25) is 0 Å². The molecule has 2 aromatic heterocycles. The number of para-hydroxylation sites is 1.